The minimum absolute atomic E-state index is 0.0628. The molecule has 0 spiro atoms. The Bertz CT molecular complexity index is 437. The monoisotopic (exact) mass is 281 g/mol. The van der Waals surface area contributed by atoms with Crippen LogP contribution >= 0.6 is 0 Å². The molecule has 0 bridgehead atoms. The van der Waals surface area contributed by atoms with Gasteiger partial charge >= 0.3 is 5.97 Å². The smallest absolute Gasteiger partial charge is 0.322 e. The summed E-state index contributed by atoms with van der Waals surface area (Å²) in [6.45, 7) is 8.17. The molecule has 20 heavy (non-hydrogen) atoms. The molecule has 0 aromatic heterocycles. The number of halogens is 1. The second-order valence-electron chi connectivity index (χ2n) is 6.00. The summed E-state index contributed by atoms with van der Waals surface area (Å²) < 4.78 is 17.9. The van der Waals surface area contributed by atoms with Crippen molar-refractivity contribution in [1.82, 2.24) is 5.32 Å². The zero-order valence-corrected chi connectivity index (χ0v) is 12.9. The van der Waals surface area contributed by atoms with E-state index in [9.17, 15) is 9.18 Å². The van der Waals surface area contributed by atoms with Gasteiger partial charge in [-0.1, -0.05) is 39.8 Å². The number of esters is 1. The fraction of sp³-hybridized carbons (Fsp3) is 0.562. The van der Waals surface area contributed by atoms with Crippen molar-refractivity contribution in [2.24, 2.45) is 5.41 Å². The lowest BCUT2D eigenvalue weighted by Gasteiger charge is -2.34. The molecule has 0 radical (unpaired) electrons. The summed E-state index contributed by atoms with van der Waals surface area (Å²) in [5, 5.41) is 3.33. The molecule has 2 unspecified atom stereocenters. The largest absolute Gasteiger partial charge is 0.468 e. The number of nitrogens with one attached hydrogen (secondary N) is 1. The normalized spacial score (nSPS) is 14.7. The average molecular weight is 281 g/mol. The lowest BCUT2D eigenvalue weighted by Crippen LogP contribution is -2.43. The van der Waals surface area contributed by atoms with Gasteiger partial charge in [0.05, 0.1) is 7.11 Å². The maximum Gasteiger partial charge on any atom is 0.322 e. The number of carbonyl (C=O) groups excluding carboxylic acids is 1. The van der Waals surface area contributed by atoms with Gasteiger partial charge in [0.15, 0.2) is 0 Å². The summed E-state index contributed by atoms with van der Waals surface area (Å²) in [7, 11) is 1.39. The van der Waals surface area contributed by atoms with Gasteiger partial charge in [-0.3, -0.25) is 10.1 Å². The molecule has 112 valence electrons. The van der Waals surface area contributed by atoms with Gasteiger partial charge in [0.2, 0.25) is 0 Å². The number of hydrogen-bond acceptors (Lipinski definition) is 3. The SMILES string of the molecule is CCC(NC(c1ccc(F)cc1)C(C)(C)C)C(=O)OC. The predicted octanol–water partition coefficient (Wildman–Crippen LogP) is 3.45. The van der Waals surface area contributed by atoms with Crippen LogP contribution in [-0.2, 0) is 9.53 Å². The number of methoxy groups -OCH3 is 1. The van der Waals surface area contributed by atoms with Gasteiger partial charge in [0, 0.05) is 6.04 Å². The maximum atomic E-state index is 13.1. The number of ether oxygens (including phenoxy) is 1. The molecule has 0 aliphatic carbocycles. The lowest BCUT2D eigenvalue weighted by molar-refractivity contribution is -0.143. The first-order valence-electron chi connectivity index (χ1n) is 6.89. The third kappa shape index (κ3) is 4.30. The first-order valence-corrected chi connectivity index (χ1v) is 6.89. The molecule has 0 heterocycles. The molecule has 1 aromatic carbocycles. The van der Waals surface area contributed by atoms with Gasteiger partial charge in [-0.2, -0.15) is 0 Å². The lowest BCUT2D eigenvalue weighted by atomic mass is 9.81. The molecule has 2 atom stereocenters. The molecule has 0 amide bonds. The van der Waals surface area contributed by atoms with E-state index in [1.165, 1.54) is 19.2 Å². The molecule has 0 saturated carbocycles. The molecular formula is C16H24FNO2. The minimum atomic E-state index is -0.366. The molecule has 1 N–H and O–H groups in total. The summed E-state index contributed by atoms with van der Waals surface area (Å²) in [5.41, 5.74) is 0.848. The minimum Gasteiger partial charge on any atom is -0.468 e. The molecule has 1 rings (SSSR count). The summed E-state index contributed by atoms with van der Waals surface area (Å²) in [6, 6.07) is 5.95. The van der Waals surface area contributed by atoms with E-state index in [2.05, 4.69) is 26.1 Å². The van der Waals surface area contributed by atoms with E-state index in [0.717, 1.165) is 5.56 Å². The fourth-order valence-electron chi connectivity index (χ4n) is 2.20. The zero-order valence-electron chi connectivity index (χ0n) is 12.9. The predicted molar refractivity (Wildman–Crippen MR) is 77.8 cm³/mol. The van der Waals surface area contributed by atoms with Crippen LogP contribution in [0.4, 0.5) is 4.39 Å². The van der Waals surface area contributed by atoms with Crippen molar-refractivity contribution < 1.29 is 13.9 Å². The Balaban J connectivity index is 3.02. The van der Waals surface area contributed by atoms with Crippen LogP contribution in [0.3, 0.4) is 0 Å². The molecule has 0 fully saturated rings. The second kappa shape index (κ2) is 6.84. The maximum absolute atomic E-state index is 13.1. The van der Waals surface area contributed by atoms with Crippen molar-refractivity contribution in [3.63, 3.8) is 0 Å². The molecule has 0 saturated heterocycles. The summed E-state index contributed by atoms with van der Waals surface area (Å²) in [5.74, 6) is -0.537. The van der Waals surface area contributed by atoms with E-state index in [4.69, 9.17) is 4.74 Å². The Labute approximate surface area is 120 Å². The van der Waals surface area contributed by atoms with Gasteiger partial charge < -0.3 is 4.74 Å². The number of benzene rings is 1. The molecule has 3 nitrogen and oxygen atoms in total. The molecule has 1 aromatic rings. The fourth-order valence-corrected chi connectivity index (χ4v) is 2.20. The van der Waals surface area contributed by atoms with Crippen molar-refractivity contribution in [3.05, 3.63) is 35.6 Å². The number of hydrogen-bond donors (Lipinski definition) is 1. The first kappa shape index (κ1) is 16.6. The number of carbonyl (C=O) groups is 1. The van der Waals surface area contributed by atoms with Crippen LogP contribution in [0.2, 0.25) is 0 Å². The van der Waals surface area contributed by atoms with E-state index < -0.39 is 0 Å². The van der Waals surface area contributed by atoms with E-state index in [0.29, 0.717) is 6.42 Å². The van der Waals surface area contributed by atoms with Gasteiger partial charge in [0.25, 0.3) is 0 Å². The highest BCUT2D eigenvalue weighted by Gasteiger charge is 2.30. The van der Waals surface area contributed by atoms with Crippen molar-refractivity contribution in [2.75, 3.05) is 7.11 Å². The Morgan fingerprint density at radius 3 is 2.25 bits per heavy atom. The average Bonchev–Trinajstić information content (AvgIpc) is 2.39. The second-order valence-corrected chi connectivity index (χ2v) is 6.00. The zero-order chi connectivity index (χ0) is 15.3. The van der Waals surface area contributed by atoms with E-state index >= 15 is 0 Å². The van der Waals surface area contributed by atoms with Gasteiger partial charge in [-0.15, -0.1) is 0 Å². The van der Waals surface area contributed by atoms with Crippen LogP contribution in [0.15, 0.2) is 24.3 Å². The van der Waals surface area contributed by atoms with Crippen LogP contribution in [0.25, 0.3) is 0 Å². The van der Waals surface area contributed by atoms with Crippen LogP contribution in [0, 0.1) is 11.2 Å². The Hall–Kier alpha value is -1.42. The number of rotatable bonds is 5. The molecular weight excluding hydrogens is 257 g/mol. The quantitative estimate of drug-likeness (QED) is 0.840. The first-order chi connectivity index (χ1) is 9.29. The summed E-state index contributed by atoms with van der Waals surface area (Å²) in [6.07, 6.45) is 0.639. The van der Waals surface area contributed by atoms with Crippen molar-refractivity contribution >= 4 is 5.97 Å². The highest BCUT2D eigenvalue weighted by molar-refractivity contribution is 5.75. The summed E-state index contributed by atoms with van der Waals surface area (Å²) in [4.78, 5) is 11.7. The van der Waals surface area contributed by atoms with E-state index in [1.807, 2.05) is 6.92 Å². The Morgan fingerprint density at radius 1 is 1.30 bits per heavy atom. The van der Waals surface area contributed by atoms with Crippen molar-refractivity contribution in [3.8, 4) is 0 Å². The van der Waals surface area contributed by atoms with E-state index in [-0.39, 0.29) is 29.3 Å². The molecule has 4 heteroatoms. The van der Waals surface area contributed by atoms with Gasteiger partial charge in [-0.25, -0.2) is 4.39 Å². The van der Waals surface area contributed by atoms with Crippen molar-refractivity contribution in [2.45, 2.75) is 46.2 Å². The highest BCUT2D eigenvalue weighted by Crippen LogP contribution is 2.33. The van der Waals surface area contributed by atoms with Crippen LogP contribution in [0.1, 0.15) is 45.7 Å². The Kier molecular flexibility index (Phi) is 5.69. The van der Waals surface area contributed by atoms with Gasteiger partial charge in [0.1, 0.15) is 11.9 Å². The standard InChI is InChI=1S/C16H24FNO2/c1-6-13(15(19)20-5)18-14(16(2,3)4)11-7-9-12(17)10-8-11/h7-10,13-14,18H,6H2,1-5H3. The third-order valence-electron chi connectivity index (χ3n) is 3.33. The van der Waals surface area contributed by atoms with Crippen LogP contribution in [0.5, 0.6) is 0 Å². The molecule has 0 aliphatic rings. The third-order valence-corrected chi connectivity index (χ3v) is 3.33. The van der Waals surface area contributed by atoms with Crippen molar-refractivity contribution in [1.29, 1.82) is 0 Å². The Morgan fingerprint density at radius 2 is 1.85 bits per heavy atom. The van der Waals surface area contributed by atoms with E-state index in [1.54, 1.807) is 12.1 Å². The van der Waals surface area contributed by atoms with Crippen LogP contribution < -0.4 is 5.32 Å². The van der Waals surface area contributed by atoms with Gasteiger partial charge in [-0.05, 0) is 29.5 Å². The molecule has 0 aliphatic heterocycles. The summed E-state index contributed by atoms with van der Waals surface area (Å²) >= 11 is 0. The topological polar surface area (TPSA) is 38.3 Å². The van der Waals surface area contributed by atoms with Crippen LogP contribution in [-0.4, -0.2) is 19.1 Å². The highest BCUT2D eigenvalue weighted by atomic mass is 19.1.